The Balaban J connectivity index is 1.91. The van der Waals surface area contributed by atoms with Crippen molar-refractivity contribution in [1.29, 1.82) is 0 Å². The molecular weight excluding hydrogens is 1040 g/mol. The van der Waals surface area contributed by atoms with Crippen LogP contribution in [0.3, 0.4) is 0 Å². The number of esters is 5. The van der Waals surface area contributed by atoms with E-state index < -0.39 is 28.4 Å². The van der Waals surface area contributed by atoms with Gasteiger partial charge in [0.1, 0.15) is 22.4 Å². The van der Waals surface area contributed by atoms with Gasteiger partial charge in [-0.1, -0.05) is 13.8 Å². The molecule has 2 amide bonds. The summed E-state index contributed by atoms with van der Waals surface area (Å²) in [5.74, 6) is -2.48. The first-order valence-corrected chi connectivity index (χ1v) is 29.2. The molecule has 2 saturated heterocycles. The maximum Gasteiger partial charge on any atom is 0.338 e. The molecule has 0 aliphatic carbocycles. The third-order valence-electron chi connectivity index (χ3n) is 13.5. The quantitative estimate of drug-likeness (QED) is 0.152. The Hall–Kier alpha value is -4.81. The number of benzene rings is 1. The zero-order valence-corrected chi connectivity index (χ0v) is 52.8. The SMILES string of the molecule is CCOC(=O)c1cc(N(C)C(=O)CN2CCN(CC)CCN(CC(=O)OC(C)(C)C)CCN(CC(=O)OC(C)(C)C)CC2)cc(N(C)C(=O)CN2CCN(CC)CCN(CC(=O)OC(C)(C)C)CCN(CC(=O)OC(C)(C)C)CC2)c1. The van der Waals surface area contributed by atoms with Crippen molar-refractivity contribution in [1.82, 2.24) is 39.2 Å². The van der Waals surface area contributed by atoms with Gasteiger partial charge in [-0.15, -0.1) is 0 Å². The van der Waals surface area contributed by atoms with Crippen molar-refractivity contribution in [3.63, 3.8) is 0 Å². The Bertz CT molecular complexity index is 2050. The predicted molar refractivity (Wildman–Crippen MR) is 315 cm³/mol. The van der Waals surface area contributed by atoms with Gasteiger partial charge < -0.3 is 43.3 Å². The molecule has 1 aromatic rings. The highest BCUT2D eigenvalue weighted by Crippen LogP contribution is 2.26. The molecule has 3 rings (SSSR count). The fraction of sp³-hybridized carbons (Fsp3) is 0.780. The van der Waals surface area contributed by atoms with E-state index in [9.17, 15) is 33.6 Å². The molecule has 0 unspecified atom stereocenters. The summed E-state index contributed by atoms with van der Waals surface area (Å²) in [4.78, 5) is 115. The number of anilines is 2. The monoisotopic (exact) mass is 1140 g/mol. The first-order valence-electron chi connectivity index (χ1n) is 29.2. The number of hydrogen-bond acceptors (Lipinski definition) is 20. The smallest absolute Gasteiger partial charge is 0.338 e. The molecule has 22 heteroatoms. The summed E-state index contributed by atoms with van der Waals surface area (Å²) in [6.07, 6.45) is 0. The number of carbonyl (C=O) groups excluding carboxylic acids is 7. The molecule has 22 nitrogen and oxygen atoms in total. The van der Waals surface area contributed by atoms with Crippen LogP contribution in [0.5, 0.6) is 0 Å². The maximum atomic E-state index is 14.5. The average molecular weight is 1150 g/mol. The third-order valence-corrected chi connectivity index (χ3v) is 13.5. The first kappa shape index (κ1) is 70.5. The molecule has 462 valence electrons. The summed E-state index contributed by atoms with van der Waals surface area (Å²) in [6, 6.07) is 4.92. The number of likely N-dealkylation sites (N-methyl/N-ethyl adjacent to an activating group) is 4. The molecule has 0 radical (unpaired) electrons. The van der Waals surface area contributed by atoms with Crippen LogP contribution in [-0.4, -0.2) is 281 Å². The van der Waals surface area contributed by atoms with E-state index in [1.54, 1.807) is 39.2 Å². The molecule has 0 N–H and O–H groups in total. The van der Waals surface area contributed by atoms with Crippen LogP contribution in [0, 0.1) is 0 Å². The lowest BCUT2D eigenvalue weighted by molar-refractivity contribution is -0.158. The van der Waals surface area contributed by atoms with Crippen LogP contribution in [0.4, 0.5) is 11.4 Å². The molecule has 1 aromatic carbocycles. The molecule has 0 saturated carbocycles. The van der Waals surface area contributed by atoms with Crippen LogP contribution < -0.4 is 9.80 Å². The van der Waals surface area contributed by atoms with Crippen LogP contribution >= 0.6 is 0 Å². The lowest BCUT2D eigenvalue weighted by Crippen LogP contribution is -2.50. The predicted octanol–water partition coefficient (Wildman–Crippen LogP) is 3.64. The van der Waals surface area contributed by atoms with Crippen molar-refractivity contribution in [2.24, 2.45) is 0 Å². The molecule has 0 atom stereocenters. The second-order valence-electron chi connectivity index (χ2n) is 25.2. The van der Waals surface area contributed by atoms with Gasteiger partial charge in [0.15, 0.2) is 0 Å². The second-order valence-corrected chi connectivity index (χ2v) is 25.2. The number of carbonyl (C=O) groups is 7. The van der Waals surface area contributed by atoms with Crippen LogP contribution in [0.2, 0.25) is 0 Å². The largest absolute Gasteiger partial charge is 0.462 e. The normalized spacial score (nSPS) is 18.0. The number of amides is 2. The highest BCUT2D eigenvalue weighted by atomic mass is 16.6. The van der Waals surface area contributed by atoms with Crippen LogP contribution in [-0.2, 0) is 52.5 Å². The number of nitrogens with zero attached hydrogens (tertiary/aromatic N) is 10. The molecule has 2 heterocycles. The Kier molecular flexibility index (Phi) is 28.6. The van der Waals surface area contributed by atoms with Gasteiger partial charge in [0.05, 0.1) is 51.4 Å². The van der Waals surface area contributed by atoms with Crippen molar-refractivity contribution in [3.05, 3.63) is 23.8 Å². The highest BCUT2D eigenvalue weighted by Gasteiger charge is 2.29. The minimum atomic E-state index is -0.681. The van der Waals surface area contributed by atoms with E-state index in [0.29, 0.717) is 116 Å². The summed E-state index contributed by atoms with van der Waals surface area (Å²) < 4.78 is 28.3. The summed E-state index contributed by atoms with van der Waals surface area (Å²) in [5.41, 5.74) is -1.65. The van der Waals surface area contributed by atoms with Crippen molar-refractivity contribution < 1.29 is 57.2 Å². The zero-order chi connectivity index (χ0) is 60.9. The first-order chi connectivity index (χ1) is 37.6. The maximum absolute atomic E-state index is 14.5. The Morgan fingerprint density at radius 2 is 0.593 bits per heavy atom. The number of rotatable bonds is 18. The fourth-order valence-corrected chi connectivity index (χ4v) is 9.16. The summed E-state index contributed by atoms with van der Waals surface area (Å²) in [7, 11) is 3.30. The van der Waals surface area contributed by atoms with E-state index in [4.69, 9.17) is 23.7 Å². The molecule has 0 spiro atoms. The molecule has 2 fully saturated rings. The Morgan fingerprint density at radius 1 is 0.370 bits per heavy atom. The van der Waals surface area contributed by atoms with Crippen LogP contribution in [0.15, 0.2) is 18.2 Å². The van der Waals surface area contributed by atoms with Gasteiger partial charge in [0.2, 0.25) is 11.8 Å². The van der Waals surface area contributed by atoms with Gasteiger partial charge >= 0.3 is 29.8 Å². The number of hydrogen-bond donors (Lipinski definition) is 0. The Morgan fingerprint density at radius 3 is 0.802 bits per heavy atom. The summed E-state index contributed by atoms with van der Waals surface area (Å²) in [6.45, 7) is 38.4. The summed E-state index contributed by atoms with van der Waals surface area (Å²) >= 11 is 0. The average Bonchev–Trinajstić information content (AvgIpc) is 3.33. The lowest BCUT2D eigenvalue weighted by Gasteiger charge is -2.34. The Labute approximate surface area is 485 Å². The second kappa shape index (κ2) is 32.9. The van der Waals surface area contributed by atoms with E-state index in [1.807, 2.05) is 92.9 Å². The molecule has 81 heavy (non-hydrogen) atoms. The van der Waals surface area contributed by atoms with Gasteiger partial charge in [0.25, 0.3) is 0 Å². The fourth-order valence-electron chi connectivity index (χ4n) is 9.16. The standard InChI is InChI=1S/C59H104N10O12/c1-18-62-21-25-64(29-31-68(44-53(74)80-58(10,11)12)35-33-66(27-23-62)42-51(72)78-56(4,5)6)40-49(70)60(16)47-37-46(55(76)77-20-3)38-48(39-47)61(17)50(71)41-65-26-22-63(19-2)24-28-67(43-52(73)79-57(7,8)9)34-36-69(32-30-65)45-54(75)81-59(13,14)15/h37-39H,18-36,40-45H2,1-17H3. The number of ether oxygens (including phenoxy) is 5. The van der Waals surface area contributed by atoms with E-state index >= 15 is 0 Å². The minimum absolute atomic E-state index is 0.0172. The molecule has 2 aliphatic rings. The van der Waals surface area contributed by atoms with E-state index in [0.717, 1.165) is 13.1 Å². The van der Waals surface area contributed by atoms with Gasteiger partial charge in [-0.3, -0.25) is 58.2 Å². The van der Waals surface area contributed by atoms with E-state index in [2.05, 4.69) is 43.2 Å². The topological polar surface area (TPSA) is 198 Å². The minimum Gasteiger partial charge on any atom is -0.462 e. The van der Waals surface area contributed by atoms with Gasteiger partial charge in [-0.2, -0.15) is 0 Å². The molecule has 0 aromatic heterocycles. The molecule has 0 bridgehead atoms. The van der Waals surface area contributed by atoms with Crippen LogP contribution in [0.1, 0.15) is 114 Å². The van der Waals surface area contributed by atoms with Crippen molar-refractivity contribution in [2.45, 2.75) is 126 Å². The van der Waals surface area contributed by atoms with Crippen LogP contribution in [0.25, 0.3) is 0 Å². The van der Waals surface area contributed by atoms with E-state index in [-0.39, 0.29) is 87.1 Å². The van der Waals surface area contributed by atoms with Gasteiger partial charge in [-0.25, -0.2) is 4.79 Å². The molecular formula is C59H104N10O12. The zero-order valence-electron chi connectivity index (χ0n) is 52.8. The highest BCUT2D eigenvalue weighted by molar-refractivity contribution is 6.01. The third kappa shape index (κ3) is 28.8. The molecule has 2 aliphatic heterocycles. The van der Waals surface area contributed by atoms with Crippen molar-refractivity contribution in [2.75, 3.05) is 188 Å². The van der Waals surface area contributed by atoms with E-state index in [1.165, 1.54) is 9.80 Å². The van der Waals surface area contributed by atoms with Crippen molar-refractivity contribution in [3.8, 4) is 0 Å². The van der Waals surface area contributed by atoms with Crippen molar-refractivity contribution >= 4 is 53.0 Å². The van der Waals surface area contributed by atoms with Gasteiger partial charge in [0, 0.05) is 130 Å². The lowest BCUT2D eigenvalue weighted by atomic mass is 10.1. The van der Waals surface area contributed by atoms with Gasteiger partial charge in [-0.05, 0) is 121 Å². The summed E-state index contributed by atoms with van der Waals surface area (Å²) in [5, 5.41) is 0.